The lowest BCUT2D eigenvalue weighted by molar-refractivity contribution is 0.187. The van der Waals surface area contributed by atoms with Gasteiger partial charge >= 0.3 is 0 Å². The number of halogens is 2. The molecule has 6 nitrogen and oxygen atoms in total. The molecule has 1 aromatic heterocycles. The van der Waals surface area contributed by atoms with Crippen LogP contribution in [0.4, 0.5) is 4.39 Å². The predicted octanol–water partition coefficient (Wildman–Crippen LogP) is 3.96. The topological polar surface area (TPSA) is 54.7 Å². The molecule has 0 aliphatic carbocycles. The molecule has 1 aliphatic heterocycles. The average molecular weight is 515 g/mol. The molecule has 3 rings (SSSR count). The van der Waals surface area contributed by atoms with Crippen LogP contribution in [0.1, 0.15) is 33.2 Å². The second-order valence-corrected chi connectivity index (χ2v) is 7.37. The molecule has 0 amide bonds. The first kappa shape index (κ1) is 23.4. The van der Waals surface area contributed by atoms with E-state index in [1.807, 2.05) is 25.6 Å². The van der Waals surface area contributed by atoms with Gasteiger partial charge in [-0.2, -0.15) is 0 Å². The highest BCUT2D eigenvalue weighted by molar-refractivity contribution is 14.0. The highest BCUT2D eigenvalue weighted by atomic mass is 127. The van der Waals surface area contributed by atoms with Crippen molar-refractivity contribution in [2.24, 2.45) is 10.9 Å². The number of likely N-dealkylation sites (tertiary alicyclic amines) is 1. The fourth-order valence-corrected chi connectivity index (χ4v) is 3.52. The second kappa shape index (κ2) is 11.4. The molecule has 0 saturated carbocycles. The largest absolute Gasteiger partial charge is 0.489 e. The number of hydrogen-bond donors (Lipinski definition) is 1. The van der Waals surface area contributed by atoms with Crippen molar-refractivity contribution in [2.45, 2.75) is 39.3 Å². The summed E-state index contributed by atoms with van der Waals surface area (Å²) < 4.78 is 21.1. The summed E-state index contributed by atoms with van der Waals surface area (Å²) in [5, 5.41) is 3.41. The summed E-state index contributed by atoms with van der Waals surface area (Å²) in [4.78, 5) is 11.3. The van der Waals surface area contributed by atoms with Crippen molar-refractivity contribution in [2.75, 3.05) is 26.2 Å². The van der Waals surface area contributed by atoms with E-state index < -0.39 is 0 Å². The van der Waals surface area contributed by atoms with E-state index in [1.54, 1.807) is 12.1 Å². The molecule has 8 heteroatoms. The Kier molecular flexibility index (Phi) is 9.19. The number of hydrogen-bond acceptors (Lipinski definition) is 3. The van der Waals surface area contributed by atoms with Crippen LogP contribution in [-0.2, 0) is 0 Å². The molecule has 2 heterocycles. The molecule has 1 N–H and O–H groups in total. The number of nitrogens with zero attached hydrogens (tertiary/aromatic N) is 4. The van der Waals surface area contributed by atoms with Gasteiger partial charge in [0.25, 0.3) is 0 Å². The predicted molar refractivity (Wildman–Crippen MR) is 125 cm³/mol. The van der Waals surface area contributed by atoms with E-state index in [-0.39, 0.29) is 35.9 Å². The summed E-state index contributed by atoms with van der Waals surface area (Å²) in [6.07, 6.45) is 6.77. The lowest BCUT2D eigenvalue weighted by atomic mass is 9.93. The van der Waals surface area contributed by atoms with Crippen molar-refractivity contribution in [1.29, 1.82) is 0 Å². The maximum Gasteiger partial charge on any atom is 0.194 e. The molecule has 1 aromatic carbocycles. The van der Waals surface area contributed by atoms with E-state index in [4.69, 9.17) is 9.73 Å². The van der Waals surface area contributed by atoms with Crippen LogP contribution in [0.5, 0.6) is 5.75 Å². The van der Waals surface area contributed by atoms with Crippen molar-refractivity contribution < 1.29 is 9.13 Å². The van der Waals surface area contributed by atoms with E-state index in [0.29, 0.717) is 24.3 Å². The van der Waals surface area contributed by atoms with Gasteiger partial charge in [-0.1, -0.05) is 6.92 Å². The van der Waals surface area contributed by atoms with Crippen LogP contribution in [0.3, 0.4) is 0 Å². The maximum atomic E-state index is 13.0. The molecule has 3 atom stereocenters. The van der Waals surface area contributed by atoms with Gasteiger partial charge in [-0.15, -0.1) is 24.0 Å². The number of aromatic nitrogens is 2. The molecule has 0 spiro atoms. The molecule has 0 radical (unpaired) electrons. The lowest BCUT2D eigenvalue weighted by Crippen LogP contribution is -2.49. The standard InChI is InChI=1S/C21H30FN5O.HI/c1-4-24-21(25-13-17(3)28-19-7-5-18(22)6-8-19)26-11-9-16(2)20(14-26)27-12-10-23-15-27;/h5-8,10,12,15-17,20H,4,9,11,13-14H2,1-3H3,(H,24,25);1H. The molecule has 1 aliphatic rings. The monoisotopic (exact) mass is 515 g/mol. The highest BCUT2D eigenvalue weighted by Crippen LogP contribution is 2.27. The van der Waals surface area contributed by atoms with Gasteiger partial charge in [0.1, 0.15) is 17.7 Å². The molecule has 160 valence electrons. The smallest absolute Gasteiger partial charge is 0.194 e. The number of benzene rings is 1. The molecule has 29 heavy (non-hydrogen) atoms. The number of guanidine groups is 1. The Balaban J connectivity index is 0.00000300. The van der Waals surface area contributed by atoms with Crippen molar-refractivity contribution in [3.05, 3.63) is 48.8 Å². The third kappa shape index (κ3) is 6.58. The van der Waals surface area contributed by atoms with Crippen molar-refractivity contribution >= 4 is 29.9 Å². The Hall–Kier alpha value is -1.84. The zero-order valence-electron chi connectivity index (χ0n) is 17.3. The van der Waals surface area contributed by atoms with E-state index in [1.165, 1.54) is 12.1 Å². The summed E-state index contributed by atoms with van der Waals surface area (Å²) in [5.74, 6) is 1.89. The van der Waals surface area contributed by atoms with Crippen LogP contribution in [0.2, 0.25) is 0 Å². The summed E-state index contributed by atoms with van der Waals surface area (Å²) in [6, 6.07) is 6.47. The normalized spacial score (nSPS) is 20.7. The van der Waals surface area contributed by atoms with Gasteiger partial charge in [-0.3, -0.25) is 0 Å². The van der Waals surface area contributed by atoms with E-state index in [9.17, 15) is 4.39 Å². The zero-order chi connectivity index (χ0) is 19.9. The first-order valence-corrected chi connectivity index (χ1v) is 9.99. The molecule has 3 unspecified atom stereocenters. The molecular formula is C21H31FIN5O. The third-order valence-electron chi connectivity index (χ3n) is 5.11. The van der Waals surface area contributed by atoms with Crippen LogP contribution < -0.4 is 10.1 Å². The number of rotatable bonds is 6. The first-order chi connectivity index (χ1) is 13.6. The average Bonchev–Trinajstić information content (AvgIpc) is 3.22. The molecular weight excluding hydrogens is 484 g/mol. The van der Waals surface area contributed by atoms with Crippen LogP contribution in [-0.4, -0.2) is 52.7 Å². The lowest BCUT2D eigenvalue weighted by Gasteiger charge is -2.39. The van der Waals surface area contributed by atoms with Gasteiger partial charge in [-0.05, 0) is 50.5 Å². The van der Waals surface area contributed by atoms with Gasteiger partial charge in [0.2, 0.25) is 0 Å². The van der Waals surface area contributed by atoms with E-state index in [0.717, 1.165) is 32.0 Å². The maximum absolute atomic E-state index is 13.0. The Morgan fingerprint density at radius 2 is 2.14 bits per heavy atom. The fraction of sp³-hybridized carbons (Fsp3) is 0.524. The van der Waals surface area contributed by atoms with Crippen molar-refractivity contribution in [3.8, 4) is 5.75 Å². The SMILES string of the molecule is CCNC(=NCC(C)Oc1ccc(F)cc1)N1CCC(C)C(n2ccnc2)C1.I. The summed E-state index contributed by atoms with van der Waals surface area (Å²) in [7, 11) is 0. The van der Waals surface area contributed by atoms with Crippen molar-refractivity contribution in [3.63, 3.8) is 0 Å². The van der Waals surface area contributed by atoms with Gasteiger partial charge in [0.05, 0.1) is 18.9 Å². The zero-order valence-corrected chi connectivity index (χ0v) is 19.6. The third-order valence-corrected chi connectivity index (χ3v) is 5.11. The fourth-order valence-electron chi connectivity index (χ4n) is 3.52. The first-order valence-electron chi connectivity index (χ1n) is 9.99. The Bertz CT molecular complexity index is 753. The summed E-state index contributed by atoms with van der Waals surface area (Å²) in [5.41, 5.74) is 0. The van der Waals surface area contributed by atoms with Crippen LogP contribution >= 0.6 is 24.0 Å². The minimum atomic E-state index is -0.265. The summed E-state index contributed by atoms with van der Waals surface area (Å²) >= 11 is 0. The summed E-state index contributed by atoms with van der Waals surface area (Å²) in [6.45, 7) is 9.57. The second-order valence-electron chi connectivity index (χ2n) is 7.37. The van der Waals surface area contributed by atoms with Gasteiger partial charge < -0.3 is 19.5 Å². The Morgan fingerprint density at radius 3 is 2.79 bits per heavy atom. The quantitative estimate of drug-likeness (QED) is 0.360. The van der Waals surface area contributed by atoms with Crippen molar-refractivity contribution in [1.82, 2.24) is 19.8 Å². The van der Waals surface area contributed by atoms with Gasteiger partial charge in [-0.25, -0.2) is 14.4 Å². The van der Waals surface area contributed by atoms with Gasteiger partial charge in [0.15, 0.2) is 5.96 Å². The number of nitrogens with one attached hydrogen (secondary N) is 1. The number of ether oxygens (including phenoxy) is 1. The Morgan fingerprint density at radius 1 is 1.38 bits per heavy atom. The number of piperidine rings is 1. The van der Waals surface area contributed by atoms with Crippen LogP contribution in [0.25, 0.3) is 0 Å². The minimum Gasteiger partial charge on any atom is -0.489 e. The van der Waals surface area contributed by atoms with Gasteiger partial charge in [0, 0.05) is 32.0 Å². The minimum absolute atomic E-state index is 0. The number of aliphatic imine (C=N–C) groups is 1. The van der Waals surface area contributed by atoms with E-state index >= 15 is 0 Å². The van der Waals surface area contributed by atoms with Crippen LogP contribution in [0, 0.1) is 11.7 Å². The highest BCUT2D eigenvalue weighted by Gasteiger charge is 2.28. The molecule has 0 bridgehead atoms. The molecule has 1 fully saturated rings. The molecule has 1 saturated heterocycles. The number of imidazole rings is 1. The van der Waals surface area contributed by atoms with E-state index in [2.05, 4.69) is 33.6 Å². The molecule has 2 aromatic rings. The van der Waals surface area contributed by atoms with Crippen LogP contribution in [0.15, 0.2) is 48.0 Å². The Labute approximate surface area is 189 Å².